The molecule has 0 amide bonds. The molecule has 2 nitrogen and oxygen atoms in total. The highest BCUT2D eigenvalue weighted by molar-refractivity contribution is 6.53. The molecule has 0 unspecified atom stereocenters. The number of ether oxygens (including phenoxy) is 1. The fourth-order valence-electron chi connectivity index (χ4n) is 1.47. The van der Waals surface area contributed by atoms with E-state index >= 15 is 0 Å². The Morgan fingerprint density at radius 1 is 1.21 bits per heavy atom. The Kier molecular flexibility index (Phi) is 3.85. The number of carbonyl (C=O) groups excluding carboxylic acids is 1. The third kappa shape index (κ3) is 2.82. The van der Waals surface area contributed by atoms with Crippen LogP contribution >= 0.6 is 46.4 Å². The van der Waals surface area contributed by atoms with E-state index in [1.807, 2.05) is 0 Å². The van der Waals surface area contributed by atoms with Crippen molar-refractivity contribution in [1.29, 1.82) is 0 Å². The molecule has 0 aromatic heterocycles. The minimum Gasteiger partial charge on any atom is -0.456 e. The number of hydrogen-bond donors (Lipinski definition) is 0. The van der Waals surface area contributed by atoms with Gasteiger partial charge < -0.3 is 4.74 Å². The van der Waals surface area contributed by atoms with Gasteiger partial charge in [0.2, 0.25) is 0 Å². The van der Waals surface area contributed by atoms with Crippen LogP contribution in [0.3, 0.4) is 0 Å². The highest BCUT2D eigenvalue weighted by Gasteiger charge is 2.53. The van der Waals surface area contributed by atoms with Crippen molar-refractivity contribution < 1.29 is 9.53 Å². The second-order valence-corrected chi connectivity index (χ2v) is 6.45. The molecule has 1 rings (SSSR count). The van der Waals surface area contributed by atoms with Gasteiger partial charge in [-0.15, -0.1) is 0 Å². The summed E-state index contributed by atoms with van der Waals surface area (Å²) >= 11 is 23.9. The summed E-state index contributed by atoms with van der Waals surface area (Å²) in [7, 11) is 0. The molecule has 0 spiro atoms. The van der Waals surface area contributed by atoms with E-state index in [2.05, 4.69) is 0 Å². The molecular formula is C8H10Cl4O2. The molecule has 1 aliphatic rings. The van der Waals surface area contributed by atoms with Gasteiger partial charge in [-0.2, -0.15) is 0 Å². The van der Waals surface area contributed by atoms with Crippen molar-refractivity contribution in [3.05, 3.63) is 0 Å². The normalized spacial score (nSPS) is 25.8. The standard InChI is InChI=1S/C8H10Cl4O2/c1-5(13)14-6-7(9,10)3-2-4-8(6,11)12/h6H,2-4H2,1H3. The monoisotopic (exact) mass is 278 g/mol. The first-order valence-corrected chi connectivity index (χ1v) is 5.70. The Morgan fingerprint density at radius 2 is 1.64 bits per heavy atom. The highest BCUT2D eigenvalue weighted by Crippen LogP contribution is 2.49. The van der Waals surface area contributed by atoms with Crippen LogP contribution in [0.5, 0.6) is 0 Å². The van der Waals surface area contributed by atoms with Crippen molar-refractivity contribution >= 4 is 52.4 Å². The molecule has 0 N–H and O–H groups in total. The molecule has 0 saturated heterocycles. The predicted octanol–water partition coefficient (Wildman–Crippen LogP) is 3.45. The second kappa shape index (κ2) is 4.25. The van der Waals surface area contributed by atoms with Crippen LogP contribution in [0.1, 0.15) is 26.2 Å². The molecule has 0 bridgehead atoms. The summed E-state index contributed by atoms with van der Waals surface area (Å²) in [5.41, 5.74) is 0. The molecule has 1 fully saturated rings. The molecule has 1 aliphatic carbocycles. The summed E-state index contributed by atoms with van der Waals surface area (Å²) < 4.78 is 2.55. The summed E-state index contributed by atoms with van der Waals surface area (Å²) in [5.74, 6) is -0.492. The molecule has 0 aliphatic heterocycles. The fourth-order valence-corrected chi connectivity index (χ4v) is 3.15. The highest BCUT2D eigenvalue weighted by atomic mass is 35.5. The van der Waals surface area contributed by atoms with Crippen LogP contribution in [-0.2, 0) is 9.53 Å². The largest absolute Gasteiger partial charge is 0.456 e. The SMILES string of the molecule is CC(=O)OC1C(Cl)(Cl)CCCC1(Cl)Cl. The van der Waals surface area contributed by atoms with Gasteiger partial charge in [0, 0.05) is 6.92 Å². The van der Waals surface area contributed by atoms with E-state index in [9.17, 15) is 4.79 Å². The topological polar surface area (TPSA) is 26.3 Å². The Labute approximate surface area is 103 Å². The van der Waals surface area contributed by atoms with Gasteiger partial charge in [0.05, 0.1) is 0 Å². The number of alkyl halides is 4. The molecule has 14 heavy (non-hydrogen) atoms. The van der Waals surface area contributed by atoms with Crippen LogP contribution < -0.4 is 0 Å². The number of halogens is 4. The van der Waals surface area contributed by atoms with Crippen molar-refractivity contribution in [2.24, 2.45) is 0 Å². The zero-order valence-corrected chi connectivity index (χ0v) is 10.6. The number of esters is 1. The average Bonchev–Trinajstić information content (AvgIpc) is 1.96. The minimum absolute atomic E-state index is 0.492. The van der Waals surface area contributed by atoms with E-state index in [0.29, 0.717) is 19.3 Å². The van der Waals surface area contributed by atoms with Crippen molar-refractivity contribution in [2.75, 3.05) is 0 Å². The van der Waals surface area contributed by atoms with Crippen LogP contribution in [0.25, 0.3) is 0 Å². The summed E-state index contributed by atoms with van der Waals surface area (Å²) in [6, 6.07) is 0. The lowest BCUT2D eigenvalue weighted by atomic mass is 9.95. The zero-order chi connectivity index (χ0) is 11.0. The lowest BCUT2D eigenvalue weighted by Crippen LogP contribution is -2.50. The van der Waals surface area contributed by atoms with E-state index in [-0.39, 0.29) is 0 Å². The van der Waals surface area contributed by atoms with Crippen molar-refractivity contribution in [2.45, 2.75) is 41.0 Å². The molecule has 0 radical (unpaired) electrons. The van der Waals surface area contributed by atoms with Crippen LogP contribution in [0.2, 0.25) is 0 Å². The van der Waals surface area contributed by atoms with Gasteiger partial charge in [-0.1, -0.05) is 46.4 Å². The van der Waals surface area contributed by atoms with Gasteiger partial charge in [-0.3, -0.25) is 4.79 Å². The van der Waals surface area contributed by atoms with E-state index in [1.165, 1.54) is 6.92 Å². The first kappa shape index (κ1) is 12.7. The van der Waals surface area contributed by atoms with E-state index in [0.717, 1.165) is 0 Å². The molecule has 0 atom stereocenters. The number of carbonyl (C=O) groups is 1. The van der Waals surface area contributed by atoms with E-state index in [1.54, 1.807) is 0 Å². The summed E-state index contributed by atoms with van der Waals surface area (Å²) in [5, 5.41) is 0. The van der Waals surface area contributed by atoms with Crippen LogP contribution in [0.15, 0.2) is 0 Å². The van der Waals surface area contributed by atoms with Crippen LogP contribution in [-0.4, -0.2) is 20.7 Å². The smallest absolute Gasteiger partial charge is 0.303 e. The van der Waals surface area contributed by atoms with Crippen molar-refractivity contribution in [3.63, 3.8) is 0 Å². The molecule has 0 heterocycles. The summed E-state index contributed by atoms with van der Waals surface area (Å²) in [6.07, 6.45) is 0.843. The van der Waals surface area contributed by atoms with Gasteiger partial charge in [0.1, 0.15) is 0 Å². The second-order valence-electron chi connectivity index (χ2n) is 3.37. The maximum Gasteiger partial charge on any atom is 0.303 e. The zero-order valence-electron chi connectivity index (χ0n) is 7.53. The van der Waals surface area contributed by atoms with Crippen LogP contribution in [0.4, 0.5) is 0 Å². The quantitative estimate of drug-likeness (QED) is 0.543. The average molecular weight is 280 g/mol. The summed E-state index contributed by atoms with van der Waals surface area (Å²) in [6.45, 7) is 1.27. The maximum absolute atomic E-state index is 10.8. The molecule has 0 aromatic rings. The first-order valence-electron chi connectivity index (χ1n) is 4.18. The molecule has 6 heteroatoms. The Bertz CT molecular complexity index is 223. The van der Waals surface area contributed by atoms with E-state index in [4.69, 9.17) is 51.1 Å². The maximum atomic E-state index is 10.8. The number of rotatable bonds is 1. The Hall–Kier alpha value is 0.630. The summed E-state index contributed by atoms with van der Waals surface area (Å²) in [4.78, 5) is 10.8. The van der Waals surface area contributed by atoms with Gasteiger partial charge >= 0.3 is 5.97 Å². The van der Waals surface area contributed by atoms with Crippen LogP contribution in [0, 0.1) is 0 Å². The van der Waals surface area contributed by atoms with E-state index < -0.39 is 20.7 Å². The third-order valence-corrected chi connectivity index (χ3v) is 3.62. The predicted molar refractivity (Wildman–Crippen MR) is 58.3 cm³/mol. The molecule has 82 valence electrons. The molecule has 1 saturated carbocycles. The van der Waals surface area contributed by atoms with Gasteiger partial charge in [-0.25, -0.2) is 0 Å². The van der Waals surface area contributed by atoms with Crippen molar-refractivity contribution in [3.8, 4) is 0 Å². The number of hydrogen-bond acceptors (Lipinski definition) is 2. The Balaban J connectivity index is 2.85. The Morgan fingerprint density at radius 3 is 2.00 bits per heavy atom. The van der Waals surface area contributed by atoms with Crippen molar-refractivity contribution in [1.82, 2.24) is 0 Å². The molecule has 0 aromatic carbocycles. The lowest BCUT2D eigenvalue weighted by molar-refractivity contribution is -0.148. The minimum atomic E-state index is -1.20. The molecular weight excluding hydrogens is 270 g/mol. The van der Waals surface area contributed by atoms with Gasteiger partial charge in [-0.05, 0) is 19.3 Å². The lowest BCUT2D eigenvalue weighted by Gasteiger charge is -2.41. The van der Waals surface area contributed by atoms with Gasteiger partial charge in [0.25, 0.3) is 0 Å². The fraction of sp³-hybridized carbons (Fsp3) is 0.875. The third-order valence-electron chi connectivity index (χ3n) is 2.07. The first-order chi connectivity index (χ1) is 6.26. The van der Waals surface area contributed by atoms with Gasteiger partial charge in [0.15, 0.2) is 14.8 Å².